The van der Waals surface area contributed by atoms with Crippen LogP contribution in [0.25, 0.3) is 0 Å². The third-order valence-corrected chi connectivity index (χ3v) is 3.62. The molecule has 1 aliphatic heterocycles. The number of amides is 2. The summed E-state index contributed by atoms with van der Waals surface area (Å²) in [5.74, 6) is 0. The molecule has 1 unspecified atom stereocenters. The molecule has 1 aliphatic rings. The summed E-state index contributed by atoms with van der Waals surface area (Å²) in [6, 6.07) is 0.509. The highest BCUT2D eigenvalue weighted by atomic mass is 16.2. The average molecular weight is 255 g/mol. The largest absolute Gasteiger partial charge is 0.325 e. The van der Waals surface area contributed by atoms with Crippen molar-refractivity contribution in [2.45, 2.75) is 45.6 Å². The van der Waals surface area contributed by atoms with Gasteiger partial charge in [0.2, 0.25) is 0 Å². The summed E-state index contributed by atoms with van der Waals surface area (Å²) in [5.41, 5.74) is 0. The van der Waals surface area contributed by atoms with Gasteiger partial charge in [-0.25, -0.2) is 4.79 Å². The van der Waals surface area contributed by atoms with Gasteiger partial charge in [-0.15, -0.1) is 0 Å². The smallest absolute Gasteiger partial charge is 0.320 e. The minimum atomic E-state index is 0.230. The van der Waals surface area contributed by atoms with Crippen molar-refractivity contribution in [2.24, 2.45) is 0 Å². The molecule has 0 aromatic carbocycles. The monoisotopic (exact) mass is 255 g/mol. The number of carbonyl (C=O) groups excluding carboxylic acids is 1. The molecular formula is C14H29N3O. The number of urea groups is 1. The maximum atomic E-state index is 12.5. The molecule has 0 spiro atoms. The molecular weight excluding hydrogens is 226 g/mol. The summed E-state index contributed by atoms with van der Waals surface area (Å²) in [6.45, 7) is 7.80. The fourth-order valence-electron chi connectivity index (χ4n) is 2.71. The van der Waals surface area contributed by atoms with Crippen LogP contribution in [0.1, 0.15) is 39.5 Å². The normalized spacial score (nSPS) is 18.6. The summed E-state index contributed by atoms with van der Waals surface area (Å²) >= 11 is 0. The summed E-state index contributed by atoms with van der Waals surface area (Å²) in [6.07, 6.45) is 4.85. The van der Waals surface area contributed by atoms with Crippen molar-refractivity contribution in [3.63, 3.8) is 0 Å². The van der Waals surface area contributed by atoms with Gasteiger partial charge in [-0.05, 0) is 40.8 Å². The zero-order valence-corrected chi connectivity index (χ0v) is 12.5. The first-order valence-electron chi connectivity index (χ1n) is 7.26. The number of likely N-dealkylation sites (tertiary alicyclic amines) is 1. The van der Waals surface area contributed by atoms with E-state index < -0.39 is 0 Å². The van der Waals surface area contributed by atoms with Gasteiger partial charge in [0.05, 0.1) is 0 Å². The van der Waals surface area contributed by atoms with Crippen LogP contribution >= 0.6 is 0 Å². The Bertz CT molecular complexity index is 247. The van der Waals surface area contributed by atoms with Crippen LogP contribution in [0.2, 0.25) is 0 Å². The van der Waals surface area contributed by atoms with E-state index in [1.807, 2.05) is 9.80 Å². The van der Waals surface area contributed by atoms with Crippen LogP contribution in [0, 0.1) is 0 Å². The molecule has 4 nitrogen and oxygen atoms in total. The summed E-state index contributed by atoms with van der Waals surface area (Å²) in [4.78, 5) is 18.7. The van der Waals surface area contributed by atoms with Crippen molar-refractivity contribution in [1.29, 1.82) is 0 Å². The Labute approximate surface area is 112 Å². The maximum absolute atomic E-state index is 12.5. The average Bonchev–Trinajstić information content (AvgIpc) is 2.57. The molecule has 1 fully saturated rings. The zero-order valence-electron chi connectivity index (χ0n) is 12.5. The Kier molecular flexibility index (Phi) is 6.47. The Morgan fingerprint density at radius 2 is 1.72 bits per heavy atom. The van der Waals surface area contributed by atoms with Crippen LogP contribution in [0.5, 0.6) is 0 Å². The number of nitrogens with zero attached hydrogens (tertiary/aromatic N) is 3. The molecule has 18 heavy (non-hydrogen) atoms. The minimum absolute atomic E-state index is 0.230. The van der Waals surface area contributed by atoms with E-state index in [0.29, 0.717) is 0 Å². The number of likely N-dealkylation sites (N-methyl/N-ethyl adjacent to an activating group) is 2. The first-order chi connectivity index (χ1) is 8.56. The topological polar surface area (TPSA) is 26.8 Å². The van der Waals surface area contributed by atoms with Gasteiger partial charge in [0, 0.05) is 32.2 Å². The summed E-state index contributed by atoms with van der Waals surface area (Å²) in [7, 11) is 4.11. The van der Waals surface area contributed by atoms with Crippen molar-refractivity contribution in [3.05, 3.63) is 0 Å². The highest BCUT2D eigenvalue weighted by Crippen LogP contribution is 2.13. The molecule has 0 aliphatic carbocycles. The molecule has 4 heteroatoms. The quantitative estimate of drug-likeness (QED) is 0.770. The fraction of sp³-hybridized carbons (Fsp3) is 0.929. The van der Waals surface area contributed by atoms with Gasteiger partial charge in [-0.3, -0.25) is 0 Å². The van der Waals surface area contributed by atoms with Gasteiger partial charge in [0.1, 0.15) is 0 Å². The van der Waals surface area contributed by atoms with E-state index in [2.05, 4.69) is 32.8 Å². The van der Waals surface area contributed by atoms with E-state index in [9.17, 15) is 4.79 Å². The molecule has 0 bridgehead atoms. The molecule has 2 amide bonds. The molecule has 1 heterocycles. The van der Waals surface area contributed by atoms with E-state index >= 15 is 0 Å². The lowest BCUT2D eigenvalue weighted by Crippen LogP contribution is -2.50. The van der Waals surface area contributed by atoms with Crippen LogP contribution in [0.4, 0.5) is 4.79 Å². The Hall–Kier alpha value is -0.770. The first kappa shape index (κ1) is 15.3. The fourth-order valence-corrected chi connectivity index (χ4v) is 2.71. The Morgan fingerprint density at radius 3 is 2.17 bits per heavy atom. The Morgan fingerprint density at radius 1 is 1.17 bits per heavy atom. The molecule has 0 aromatic heterocycles. The van der Waals surface area contributed by atoms with Gasteiger partial charge < -0.3 is 14.7 Å². The maximum Gasteiger partial charge on any atom is 0.320 e. The van der Waals surface area contributed by atoms with E-state index in [0.717, 1.165) is 39.0 Å². The standard InChI is InChI=1S/C14H29N3O/c1-5-17(13(2)12-15(3)4)14(18)16-10-8-6-7-9-11-16/h13H,5-12H2,1-4H3. The third-order valence-electron chi connectivity index (χ3n) is 3.62. The summed E-state index contributed by atoms with van der Waals surface area (Å²) < 4.78 is 0. The van der Waals surface area contributed by atoms with Gasteiger partial charge >= 0.3 is 6.03 Å². The summed E-state index contributed by atoms with van der Waals surface area (Å²) in [5, 5.41) is 0. The van der Waals surface area contributed by atoms with Crippen molar-refractivity contribution in [1.82, 2.24) is 14.7 Å². The van der Waals surface area contributed by atoms with E-state index in [4.69, 9.17) is 0 Å². The third kappa shape index (κ3) is 4.48. The van der Waals surface area contributed by atoms with Crippen LogP contribution in [-0.2, 0) is 0 Å². The Balaban J connectivity index is 2.59. The van der Waals surface area contributed by atoms with E-state index in [-0.39, 0.29) is 12.1 Å². The molecule has 0 radical (unpaired) electrons. The molecule has 1 atom stereocenters. The van der Waals surface area contributed by atoms with Crippen molar-refractivity contribution < 1.29 is 4.79 Å². The predicted molar refractivity (Wildman–Crippen MR) is 75.8 cm³/mol. The van der Waals surface area contributed by atoms with Crippen molar-refractivity contribution >= 4 is 6.03 Å². The lowest BCUT2D eigenvalue weighted by Gasteiger charge is -2.34. The van der Waals surface area contributed by atoms with Gasteiger partial charge in [-0.1, -0.05) is 12.8 Å². The predicted octanol–water partition coefficient (Wildman–Crippen LogP) is 2.25. The highest BCUT2D eigenvalue weighted by Gasteiger charge is 2.24. The SMILES string of the molecule is CCN(C(=O)N1CCCCCC1)C(C)CN(C)C. The number of rotatable bonds is 4. The van der Waals surface area contributed by atoms with Crippen molar-refractivity contribution in [3.8, 4) is 0 Å². The van der Waals surface area contributed by atoms with Gasteiger partial charge in [-0.2, -0.15) is 0 Å². The lowest BCUT2D eigenvalue weighted by molar-refractivity contribution is 0.132. The molecule has 1 saturated heterocycles. The first-order valence-corrected chi connectivity index (χ1v) is 7.26. The van der Waals surface area contributed by atoms with E-state index in [1.165, 1.54) is 12.8 Å². The number of carbonyl (C=O) groups is 1. The van der Waals surface area contributed by atoms with Crippen LogP contribution in [0.15, 0.2) is 0 Å². The second-order valence-corrected chi connectivity index (χ2v) is 5.58. The van der Waals surface area contributed by atoms with Gasteiger partial charge in [0.25, 0.3) is 0 Å². The van der Waals surface area contributed by atoms with Crippen LogP contribution in [0.3, 0.4) is 0 Å². The number of hydrogen-bond acceptors (Lipinski definition) is 2. The zero-order chi connectivity index (χ0) is 13.5. The van der Waals surface area contributed by atoms with Crippen LogP contribution < -0.4 is 0 Å². The van der Waals surface area contributed by atoms with E-state index in [1.54, 1.807) is 0 Å². The minimum Gasteiger partial charge on any atom is -0.325 e. The molecule has 0 aromatic rings. The van der Waals surface area contributed by atoms with Crippen LogP contribution in [-0.4, -0.2) is 67.0 Å². The molecule has 106 valence electrons. The highest BCUT2D eigenvalue weighted by molar-refractivity contribution is 5.74. The second-order valence-electron chi connectivity index (χ2n) is 5.58. The molecule has 0 N–H and O–H groups in total. The van der Waals surface area contributed by atoms with Crippen molar-refractivity contribution in [2.75, 3.05) is 40.3 Å². The van der Waals surface area contributed by atoms with Gasteiger partial charge in [0.15, 0.2) is 0 Å². The second kappa shape index (κ2) is 7.62. The number of hydrogen-bond donors (Lipinski definition) is 0. The molecule has 1 rings (SSSR count). The molecule has 0 saturated carbocycles. The lowest BCUT2D eigenvalue weighted by atomic mass is 10.2.